The minimum atomic E-state index is -1.54. The lowest BCUT2D eigenvalue weighted by molar-refractivity contribution is -0.137. The Bertz CT molecular complexity index is 493. The van der Waals surface area contributed by atoms with Crippen LogP contribution >= 0.6 is 0 Å². The maximum atomic E-state index is 11.8. The summed E-state index contributed by atoms with van der Waals surface area (Å²) in [5, 5.41) is 30.8. The lowest BCUT2D eigenvalue weighted by atomic mass is 10.0. The van der Waals surface area contributed by atoms with Crippen LogP contribution in [0.4, 0.5) is 0 Å². The summed E-state index contributed by atoms with van der Waals surface area (Å²) in [4.78, 5) is 22.1. The molecule has 0 heterocycles. The Hall–Kier alpha value is -2.08. The van der Waals surface area contributed by atoms with E-state index in [4.69, 9.17) is 5.11 Å². The lowest BCUT2D eigenvalue weighted by Crippen LogP contribution is -2.36. The van der Waals surface area contributed by atoms with Crippen molar-refractivity contribution in [3.8, 4) is 0 Å². The number of carboxylic acids is 1. The molecule has 0 aliphatic heterocycles. The molecule has 0 saturated heterocycles. The average Bonchev–Trinajstić information content (AvgIpc) is 2.56. The van der Waals surface area contributed by atoms with Crippen LogP contribution in [0.15, 0.2) is 35.6 Å². The Morgan fingerprint density at radius 2 is 1.78 bits per heavy atom. The molecule has 6 heteroatoms. The van der Waals surface area contributed by atoms with Gasteiger partial charge in [-0.15, -0.1) is 0 Å². The highest BCUT2D eigenvalue weighted by Gasteiger charge is 2.21. The van der Waals surface area contributed by atoms with Crippen molar-refractivity contribution in [1.29, 1.82) is 0 Å². The van der Waals surface area contributed by atoms with E-state index in [1.165, 1.54) is 0 Å². The number of aliphatic carboxylic acids is 1. The normalized spacial score (nSPS) is 16.9. The van der Waals surface area contributed by atoms with Gasteiger partial charge in [-0.3, -0.25) is 9.59 Å². The highest BCUT2D eigenvalue weighted by Crippen LogP contribution is 2.16. The van der Waals surface area contributed by atoms with Crippen LogP contribution in [-0.2, 0) is 9.59 Å². The third-order valence-corrected chi connectivity index (χ3v) is 3.59. The number of hydrogen-bond acceptors (Lipinski definition) is 4. The molecule has 4 N–H and O–H groups in total. The van der Waals surface area contributed by atoms with Crippen molar-refractivity contribution in [2.75, 3.05) is 6.54 Å². The van der Waals surface area contributed by atoms with E-state index in [2.05, 4.69) is 5.32 Å². The first kappa shape index (κ1) is 19.0. The molecule has 1 unspecified atom stereocenters. The number of amides is 1. The van der Waals surface area contributed by atoms with Crippen LogP contribution in [0.5, 0.6) is 0 Å². The molecule has 0 fully saturated rings. The van der Waals surface area contributed by atoms with Gasteiger partial charge < -0.3 is 20.6 Å². The Morgan fingerprint density at radius 3 is 2.43 bits per heavy atom. The van der Waals surface area contributed by atoms with Crippen molar-refractivity contribution >= 4 is 11.9 Å². The topological polar surface area (TPSA) is 107 Å². The molecule has 6 nitrogen and oxygen atoms in total. The maximum Gasteiger partial charge on any atom is 0.303 e. The monoisotopic (exact) mass is 323 g/mol. The molecule has 0 aromatic heterocycles. The number of carbonyl (C=O) groups excluding carboxylic acids is 1. The van der Waals surface area contributed by atoms with Crippen LogP contribution in [0.3, 0.4) is 0 Å². The van der Waals surface area contributed by atoms with Crippen molar-refractivity contribution in [3.05, 3.63) is 35.6 Å². The standard InChI is InChI=1S/C17H25NO5/c19-14(20)11-7-2-1-3-8-12-18-17(23)16(22)15(21)13-9-5-4-6-10-13/h4-6,9,16,21-22H,1-3,7-8,10-12H2,(H,18,23)(H,19,20)/b15-13+. The SMILES string of the molecule is O=C(O)CCCCCCCNC(=O)C(O)/C(O)=C1/C=CC=CC1. The smallest absolute Gasteiger partial charge is 0.303 e. The number of carbonyl (C=O) groups is 2. The van der Waals surface area contributed by atoms with Gasteiger partial charge in [0.1, 0.15) is 5.76 Å². The number of nitrogens with one attached hydrogen (secondary N) is 1. The fourth-order valence-corrected chi connectivity index (χ4v) is 2.24. The molecule has 1 atom stereocenters. The highest BCUT2D eigenvalue weighted by atomic mass is 16.4. The molecule has 0 saturated carbocycles. The Morgan fingerprint density at radius 1 is 1.09 bits per heavy atom. The first-order valence-electron chi connectivity index (χ1n) is 7.95. The number of aliphatic hydroxyl groups is 2. The summed E-state index contributed by atoms with van der Waals surface area (Å²) in [5.74, 6) is -1.69. The summed E-state index contributed by atoms with van der Waals surface area (Å²) in [6.07, 6.45) is 10.3. The molecule has 0 spiro atoms. The predicted molar refractivity (Wildman–Crippen MR) is 86.9 cm³/mol. The summed E-state index contributed by atoms with van der Waals surface area (Å²) < 4.78 is 0. The third kappa shape index (κ3) is 7.65. The second-order valence-corrected chi connectivity index (χ2v) is 5.51. The lowest BCUT2D eigenvalue weighted by Gasteiger charge is -2.14. The number of allylic oxidation sites excluding steroid dienone is 5. The zero-order valence-electron chi connectivity index (χ0n) is 13.2. The van der Waals surface area contributed by atoms with Crippen LogP contribution in [-0.4, -0.2) is 39.8 Å². The molecular formula is C17H25NO5. The van der Waals surface area contributed by atoms with E-state index in [1.807, 2.05) is 12.2 Å². The number of aliphatic hydroxyl groups excluding tert-OH is 2. The fraction of sp³-hybridized carbons (Fsp3) is 0.529. The van der Waals surface area contributed by atoms with Crippen LogP contribution in [0.25, 0.3) is 0 Å². The zero-order valence-corrected chi connectivity index (χ0v) is 13.2. The van der Waals surface area contributed by atoms with E-state index < -0.39 is 18.0 Å². The molecular weight excluding hydrogens is 298 g/mol. The molecule has 0 bridgehead atoms. The summed E-state index contributed by atoms with van der Waals surface area (Å²) >= 11 is 0. The van der Waals surface area contributed by atoms with Crippen molar-refractivity contribution in [3.63, 3.8) is 0 Å². The Kier molecular flexibility index (Phi) is 8.75. The van der Waals surface area contributed by atoms with Crippen molar-refractivity contribution < 1.29 is 24.9 Å². The summed E-state index contributed by atoms with van der Waals surface area (Å²) in [6, 6.07) is 0. The molecule has 1 amide bonds. The molecule has 0 radical (unpaired) electrons. The number of unbranched alkanes of at least 4 members (excludes halogenated alkanes) is 4. The van der Waals surface area contributed by atoms with Crippen molar-refractivity contribution in [2.45, 2.75) is 51.0 Å². The van der Waals surface area contributed by atoms with Crippen LogP contribution in [0.1, 0.15) is 44.9 Å². The van der Waals surface area contributed by atoms with Gasteiger partial charge in [0.2, 0.25) is 0 Å². The van der Waals surface area contributed by atoms with E-state index in [9.17, 15) is 19.8 Å². The van der Waals surface area contributed by atoms with E-state index >= 15 is 0 Å². The van der Waals surface area contributed by atoms with E-state index in [1.54, 1.807) is 12.2 Å². The predicted octanol–water partition coefficient (Wildman–Crippen LogP) is 2.22. The van der Waals surface area contributed by atoms with Gasteiger partial charge in [0.05, 0.1) is 0 Å². The van der Waals surface area contributed by atoms with Crippen LogP contribution < -0.4 is 5.32 Å². The number of hydrogen-bond donors (Lipinski definition) is 4. The van der Waals surface area contributed by atoms with Gasteiger partial charge in [0.15, 0.2) is 6.10 Å². The summed E-state index contributed by atoms with van der Waals surface area (Å²) in [7, 11) is 0. The van der Waals surface area contributed by atoms with Gasteiger partial charge in [0, 0.05) is 13.0 Å². The van der Waals surface area contributed by atoms with Crippen LogP contribution in [0.2, 0.25) is 0 Å². The second-order valence-electron chi connectivity index (χ2n) is 5.51. The van der Waals surface area contributed by atoms with Gasteiger partial charge in [-0.25, -0.2) is 0 Å². The maximum absolute atomic E-state index is 11.8. The van der Waals surface area contributed by atoms with Gasteiger partial charge in [-0.05, 0) is 24.8 Å². The fourth-order valence-electron chi connectivity index (χ4n) is 2.24. The van der Waals surface area contributed by atoms with E-state index in [-0.39, 0.29) is 12.2 Å². The quantitative estimate of drug-likeness (QED) is 0.364. The number of carboxylic acid groups (broad SMARTS) is 1. The largest absolute Gasteiger partial charge is 0.509 e. The average molecular weight is 323 g/mol. The van der Waals surface area contributed by atoms with Gasteiger partial charge in [0.25, 0.3) is 5.91 Å². The number of rotatable bonds is 10. The first-order chi connectivity index (χ1) is 11.0. The summed E-state index contributed by atoms with van der Waals surface area (Å²) in [6.45, 7) is 0.424. The Labute approximate surface area is 136 Å². The molecule has 1 rings (SSSR count). The van der Waals surface area contributed by atoms with Gasteiger partial charge >= 0.3 is 5.97 Å². The Balaban J connectivity index is 2.17. The first-order valence-corrected chi connectivity index (χ1v) is 7.95. The molecule has 0 aromatic carbocycles. The molecule has 1 aliphatic carbocycles. The van der Waals surface area contributed by atoms with Crippen molar-refractivity contribution in [2.24, 2.45) is 0 Å². The second kappa shape index (κ2) is 10.6. The highest BCUT2D eigenvalue weighted by molar-refractivity contribution is 5.83. The van der Waals surface area contributed by atoms with Crippen LogP contribution in [0, 0.1) is 0 Å². The molecule has 23 heavy (non-hydrogen) atoms. The minimum Gasteiger partial charge on any atom is -0.509 e. The summed E-state index contributed by atoms with van der Waals surface area (Å²) in [5.41, 5.74) is 0.536. The molecule has 128 valence electrons. The molecule has 1 aliphatic rings. The molecule has 0 aromatic rings. The van der Waals surface area contributed by atoms with Crippen molar-refractivity contribution in [1.82, 2.24) is 5.32 Å². The zero-order chi connectivity index (χ0) is 17.1. The van der Waals surface area contributed by atoms with Gasteiger partial charge in [-0.1, -0.05) is 43.6 Å². The van der Waals surface area contributed by atoms with E-state index in [0.29, 0.717) is 25.0 Å². The minimum absolute atomic E-state index is 0.195. The third-order valence-electron chi connectivity index (χ3n) is 3.59. The van der Waals surface area contributed by atoms with Gasteiger partial charge in [-0.2, -0.15) is 0 Å². The van der Waals surface area contributed by atoms with E-state index in [0.717, 1.165) is 25.7 Å².